The molecule has 4 aromatic rings. The lowest BCUT2D eigenvalue weighted by Gasteiger charge is -2.47. The number of halogens is 4. The maximum Gasteiger partial charge on any atom is 0.418 e. The first-order valence-corrected chi connectivity index (χ1v) is 24.6. The molecule has 0 spiro atoms. The van der Waals surface area contributed by atoms with Crippen molar-refractivity contribution >= 4 is 23.6 Å². The number of amides is 1. The Bertz CT molecular complexity index is 2780. The van der Waals surface area contributed by atoms with E-state index in [4.69, 9.17) is 38.4 Å². The molecule has 0 aliphatic carbocycles. The molecule has 6 heterocycles. The van der Waals surface area contributed by atoms with Gasteiger partial charge in [-0.15, -0.1) is 5.92 Å². The SMILES string of the molecule is C=C1CN2CCC[C@@]2(COc2nc3c(c(N4CC5CCC(C(=O)OC)(C4)N5C(=O)OC(C)(C)C)n2)CO[C@H](c2c(F)c(N(Cc4ccc(OC)cc4)Cc4ccc(OC)cc4)cc(C#CC)c2C(F)(F)F)C3)C1. The van der Waals surface area contributed by atoms with Crippen molar-refractivity contribution in [3.63, 3.8) is 0 Å². The van der Waals surface area contributed by atoms with Gasteiger partial charge in [0.1, 0.15) is 29.5 Å². The van der Waals surface area contributed by atoms with Crippen LogP contribution in [0, 0.1) is 17.7 Å². The van der Waals surface area contributed by atoms with Crippen molar-refractivity contribution in [1.29, 1.82) is 0 Å². The Morgan fingerprint density at radius 1 is 0.973 bits per heavy atom. The average molecular weight is 1010 g/mol. The summed E-state index contributed by atoms with van der Waals surface area (Å²) in [7, 11) is 4.36. The van der Waals surface area contributed by atoms with Crippen molar-refractivity contribution in [2.45, 2.75) is 121 Å². The Morgan fingerprint density at radius 3 is 2.25 bits per heavy atom. The second kappa shape index (κ2) is 20.0. The summed E-state index contributed by atoms with van der Waals surface area (Å²) in [6.07, 6.45) is -4.24. The lowest BCUT2D eigenvalue weighted by molar-refractivity contribution is -0.154. The number of fused-ring (bicyclic) bond motifs is 4. The van der Waals surface area contributed by atoms with Crippen molar-refractivity contribution in [2.24, 2.45) is 0 Å². The topological polar surface area (TPSA) is 128 Å². The van der Waals surface area contributed by atoms with Crippen molar-refractivity contribution in [3.05, 3.63) is 112 Å². The number of carbonyl (C=O) groups is 2. The number of hydrogen-bond donors (Lipinski definition) is 0. The van der Waals surface area contributed by atoms with E-state index in [-0.39, 0.29) is 75.2 Å². The summed E-state index contributed by atoms with van der Waals surface area (Å²) in [4.78, 5) is 45.1. The van der Waals surface area contributed by atoms with E-state index in [1.54, 1.807) is 64.2 Å². The molecule has 1 amide bonds. The summed E-state index contributed by atoms with van der Waals surface area (Å²) in [6, 6.07) is 14.9. The van der Waals surface area contributed by atoms with E-state index in [9.17, 15) is 9.59 Å². The first-order valence-electron chi connectivity index (χ1n) is 24.6. The molecule has 4 atom stereocenters. The summed E-state index contributed by atoms with van der Waals surface area (Å²) in [5.41, 5.74) is -1.82. The molecule has 2 unspecified atom stereocenters. The Labute approximate surface area is 423 Å². The average Bonchev–Trinajstić information content (AvgIpc) is 3.97. The number of methoxy groups -OCH3 is 3. The minimum Gasteiger partial charge on any atom is -0.497 e. The van der Waals surface area contributed by atoms with Gasteiger partial charge in [-0.25, -0.2) is 14.0 Å². The number of anilines is 2. The van der Waals surface area contributed by atoms with Gasteiger partial charge >= 0.3 is 24.2 Å². The molecular weight excluding hydrogens is 949 g/mol. The van der Waals surface area contributed by atoms with Gasteiger partial charge in [-0.05, 0) is 108 Å². The van der Waals surface area contributed by atoms with Gasteiger partial charge in [0.05, 0.1) is 69.1 Å². The first kappa shape index (κ1) is 51.3. The molecule has 2 bridgehead atoms. The molecule has 5 aliphatic heterocycles. The Morgan fingerprint density at radius 2 is 1.64 bits per heavy atom. The van der Waals surface area contributed by atoms with Gasteiger partial charge in [-0.3, -0.25) is 9.80 Å². The highest BCUT2D eigenvalue weighted by atomic mass is 19.4. The van der Waals surface area contributed by atoms with E-state index in [1.807, 2.05) is 29.2 Å². The number of benzene rings is 3. The van der Waals surface area contributed by atoms with Crippen LogP contribution >= 0.6 is 0 Å². The van der Waals surface area contributed by atoms with Gasteiger partial charge in [0, 0.05) is 49.3 Å². The van der Waals surface area contributed by atoms with Gasteiger partial charge in [-0.1, -0.05) is 42.3 Å². The molecule has 9 rings (SSSR count). The van der Waals surface area contributed by atoms with Crippen LogP contribution in [-0.2, 0) is 51.3 Å². The summed E-state index contributed by atoms with van der Waals surface area (Å²) < 4.78 is 100. The zero-order valence-corrected chi connectivity index (χ0v) is 42.4. The third kappa shape index (κ3) is 10.1. The van der Waals surface area contributed by atoms with Gasteiger partial charge < -0.3 is 38.2 Å². The molecular formula is C55H62F4N6O8. The maximum absolute atomic E-state index is 18.0. The van der Waals surface area contributed by atoms with Crippen LogP contribution in [0.1, 0.15) is 105 Å². The molecule has 0 radical (unpaired) electrons. The molecule has 1 aromatic heterocycles. The van der Waals surface area contributed by atoms with Gasteiger partial charge in [0.2, 0.25) is 0 Å². The molecule has 18 heteroatoms. The second-order valence-corrected chi connectivity index (χ2v) is 20.6. The molecule has 0 saturated carbocycles. The van der Waals surface area contributed by atoms with E-state index < -0.39 is 64.0 Å². The van der Waals surface area contributed by atoms with Crippen molar-refractivity contribution in [1.82, 2.24) is 19.8 Å². The number of esters is 1. The Balaban J connectivity index is 1.15. The van der Waals surface area contributed by atoms with Crippen molar-refractivity contribution < 1.29 is 55.6 Å². The van der Waals surface area contributed by atoms with E-state index in [2.05, 4.69) is 23.3 Å². The largest absolute Gasteiger partial charge is 0.497 e. The standard InChI is InChI=1S/C55H62F4N6O8/c1-9-11-37-24-43(62(28-35-12-16-39(68-6)17-13-35)29-36-14-18-40(69-7)19-15-36)47(56)45(46(37)55(57,58)59)44-25-42-41(31-71-44)48(61-50(60-42)72-33-53-21-10-23-64(53)27-34(2)26-53)63-30-38-20-22-54(32-63,49(66)70-8)65(38)51(67)73-52(3,4)5/h12-19,24,38,44H,2,10,20-23,25-33H2,1,3-8H3/t38?,44-,53-,54?/m0/s1. The molecule has 14 nitrogen and oxygen atoms in total. The third-order valence-corrected chi connectivity index (χ3v) is 14.7. The fourth-order valence-electron chi connectivity index (χ4n) is 11.5. The molecule has 0 N–H and O–H groups in total. The van der Waals surface area contributed by atoms with Crippen LogP contribution in [0.25, 0.3) is 0 Å². The summed E-state index contributed by atoms with van der Waals surface area (Å²) in [5.74, 6) is 5.07. The minimum atomic E-state index is -5.06. The van der Waals surface area contributed by atoms with E-state index in [1.165, 1.54) is 25.0 Å². The van der Waals surface area contributed by atoms with E-state index >= 15 is 17.6 Å². The number of rotatable bonds is 13. The number of aromatic nitrogens is 2. The number of hydrogen-bond acceptors (Lipinski definition) is 13. The van der Waals surface area contributed by atoms with Gasteiger partial charge in [0.15, 0.2) is 11.4 Å². The Hall–Kier alpha value is -6.58. The monoisotopic (exact) mass is 1010 g/mol. The Kier molecular flexibility index (Phi) is 14.1. The van der Waals surface area contributed by atoms with Crippen LogP contribution in [-0.4, -0.2) is 109 Å². The molecule has 73 heavy (non-hydrogen) atoms. The van der Waals surface area contributed by atoms with Crippen molar-refractivity contribution in [2.75, 3.05) is 63.9 Å². The van der Waals surface area contributed by atoms with Crippen LogP contribution in [0.5, 0.6) is 17.5 Å². The predicted octanol–water partition coefficient (Wildman–Crippen LogP) is 9.35. The van der Waals surface area contributed by atoms with E-state index in [0.29, 0.717) is 29.3 Å². The maximum atomic E-state index is 18.0. The van der Waals surface area contributed by atoms with Crippen LogP contribution < -0.4 is 24.0 Å². The van der Waals surface area contributed by atoms with Crippen molar-refractivity contribution in [3.8, 4) is 29.4 Å². The smallest absolute Gasteiger partial charge is 0.418 e. The van der Waals surface area contributed by atoms with Gasteiger partial charge in [0.25, 0.3) is 0 Å². The number of nitrogens with zero attached hydrogens (tertiary/aromatic N) is 6. The lowest BCUT2D eigenvalue weighted by atomic mass is 9.90. The number of carbonyl (C=O) groups excluding carboxylic acids is 2. The number of ether oxygens (including phenoxy) is 6. The zero-order chi connectivity index (χ0) is 52.0. The summed E-state index contributed by atoms with van der Waals surface area (Å²) in [5, 5.41) is 0. The highest BCUT2D eigenvalue weighted by molar-refractivity contribution is 5.88. The molecule has 3 aromatic carbocycles. The predicted molar refractivity (Wildman–Crippen MR) is 264 cm³/mol. The quantitative estimate of drug-likeness (QED) is 0.0547. The number of piperazine rings is 1. The van der Waals surface area contributed by atoms with E-state index in [0.717, 1.165) is 49.1 Å². The van der Waals surface area contributed by atoms with Crippen LogP contribution in [0.2, 0.25) is 0 Å². The molecule has 4 fully saturated rings. The highest BCUT2D eigenvalue weighted by Crippen LogP contribution is 2.48. The van der Waals surface area contributed by atoms with Crippen LogP contribution in [0.4, 0.5) is 33.9 Å². The first-order chi connectivity index (χ1) is 34.8. The third-order valence-electron chi connectivity index (χ3n) is 14.7. The van der Waals surface area contributed by atoms with Gasteiger partial charge in [-0.2, -0.15) is 23.1 Å². The fraction of sp³-hybridized carbons (Fsp3) is 0.491. The molecule has 5 aliphatic rings. The lowest BCUT2D eigenvalue weighted by Crippen LogP contribution is -2.67. The second-order valence-electron chi connectivity index (χ2n) is 20.6. The van der Waals surface area contributed by atoms with Crippen LogP contribution in [0.3, 0.4) is 0 Å². The summed E-state index contributed by atoms with van der Waals surface area (Å²) >= 11 is 0. The molecule has 388 valence electrons. The number of alkyl halides is 3. The normalized spacial score (nSPS) is 22.5. The zero-order valence-electron chi connectivity index (χ0n) is 42.4. The van der Waals surface area contributed by atoms with Crippen LogP contribution in [0.15, 0.2) is 66.7 Å². The summed E-state index contributed by atoms with van der Waals surface area (Å²) in [6.45, 7) is 12.8. The molecule has 4 saturated heterocycles. The minimum absolute atomic E-state index is 0.0323. The fourth-order valence-corrected chi connectivity index (χ4v) is 11.5. The highest BCUT2D eigenvalue weighted by Gasteiger charge is 2.60.